The second-order valence-corrected chi connectivity index (χ2v) is 11.4. The van der Waals surface area contributed by atoms with Gasteiger partial charge in [0.05, 0.1) is 0 Å². The van der Waals surface area contributed by atoms with Crippen molar-refractivity contribution in [1.29, 1.82) is 0 Å². The molecule has 3 aromatic rings. The van der Waals surface area contributed by atoms with E-state index in [0.717, 1.165) is 0 Å². The molecule has 5 heteroatoms. The van der Waals surface area contributed by atoms with Crippen molar-refractivity contribution >= 4 is 35.3 Å². The van der Waals surface area contributed by atoms with Crippen molar-refractivity contribution < 1.29 is 20.8 Å². The first kappa shape index (κ1) is 19.8. The Bertz CT molecular complexity index is 757. The first-order valence-corrected chi connectivity index (χ1v) is 15.3. The molecule has 0 spiro atoms. The molecule has 1 unspecified atom stereocenters. The molecule has 0 saturated heterocycles. The molecule has 0 amide bonds. The van der Waals surface area contributed by atoms with Gasteiger partial charge >= 0.3 is 37.9 Å². The van der Waals surface area contributed by atoms with Crippen LogP contribution in [0, 0.1) is 11.5 Å². The summed E-state index contributed by atoms with van der Waals surface area (Å²) in [6, 6.07) is 13.0. The van der Waals surface area contributed by atoms with Crippen molar-refractivity contribution in [3.05, 3.63) is 78.6 Å². The van der Waals surface area contributed by atoms with Crippen molar-refractivity contribution in [1.82, 2.24) is 4.98 Å². The Morgan fingerprint density at radius 1 is 1.25 bits per heavy atom. The van der Waals surface area contributed by atoms with Gasteiger partial charge in [-0.1, -0.05) is 38.2 Å². The smallest absolute Gasteiger partial charge is 0.0488 e. The molecule has 0 radical (unpaired) electrons. The van der Waals surface area contributed by atoms with E-state index in [0.29, 0.717) is 0 Å². The first-order chi connectivity index (χ1) is 11.6. The molecule has 0 bridgehead atoms. The molecule has 0 N–H and O–H groups in total. The first-order valence-electron chi connectivity index (χ1n) is 7.44. The van der Waals surface area contributed by atoms with Crippen LogP contribution in [0.15, 0.2) is 72.5 Å². The summed E-state index contributed by atoms with van der Waals surface area (Å²) >= 11 is -0.826. The minimum atomic E-state index is -0.826. The molecule has 1 aliphatic rings. The molecule has 1 atom stereocenters. The van der Waals surface area contributed by atoms with Gasteiger partial charge in [0.15, 0.2) is 0 Å². The zero-order valence-electron chi connectivity index (χ0n) is 13.6. The second-order valence-electron chi connectivity index (χ2n) is 5.78. The number of nitrogens with zero attached hydrogens (tertiary/aromatic N) is 1. The van der Waals surface area contributed by atoms with Gasteiger partial charge in [0.25, 0.3) is 0 Å². The van der Waals surface area contributed by atoms with Crippen LogP contribution in [0.25, 0.3) is 16.1 Å². The predicted octanol–water partition coefficient (Wildman–Crippen LogP) is 7.25. The molecular formula is C19H18Cl2NPZr. The Kier molecular flexibility index (Phi) is 8.11. The molecule has 122 valence electrons. The summed E-state index contributed by atoms with van der Waals surface area (Å²) in [6.45, 7) is 4.26. The molecule has 24 heavy (non-hydrogen) atoms. The van der Waals surface area contributed by atoms with Crippen LogP contribution in [-0.4, -0.2) is 4.98 Å². The van der Waals surface area contributed by atoms with E-state index in [1.165, 1.54) is 16.1 Å². The van der Waals surface area contributed by atoms with Gasteiger partial charge in [-0.25, -0.2) is 12.2 Å². The van der Waals surface area contributed by atoms with E-state index in [4.69, 9.17) is 17.0 Å². The van der Waals surface area contributed by atoms with Crippen LogP contribution < -0.4 is 0 Å². The molecule has 1 aromatic heterocycles. The summed E-state index contributed by atoms with van der Waals surface area (Å²) in [5.41, 5.74) is 0.208. The van der Waals surface area contributed by atoms with Crippen molar-refractivity contribution in [2.24, 2.45) is 5.41 Å². The van der Waals surface area contributed by atoms with E-state index in [9.17, 15) is 0 Å². The Hall–Kier alpha value is -0.517. The maximum Gasteiger partial charge on any atom is 0.0488 e. The van der Waals surface area contributed by atoms with Crippen LogP contribution in [-0.2, 0) is 20.8 Å². The van der Waals surface area contributed by atoms with E-state index in [1.807, 2.05) is 24.3 Å². The molecule has 0 aliphatic heterocycles. The van der Waals surface area contributed by atoms with Crippen LogP contribution >= 0.6 is 24.6 Å². The maximum atomic E-state index is 4.93. The van der Waals surface area contributed by atoms with Crippen LogP contribution in [0.3, 0.4) is 0 Å². The zero-order valence-corrected chi connectivity index (χ0v) is 18.4. The Balaban J connectivity index is 0.000000176. The summed E-state index contributed by atoms with van der Waals surface area (Å²) in [5, 5.41) is 4.07. The molecule has 2 aromatic carbocycles. The standard InChI is InChI=1S/C12H9NP.C7H9.2ClH.Zr/c1-2-4-11-8-12(7-10(11)3-1)14-6-5-13-9-14;1-7(2)5-3-4-6-7;;;/h1-9H;3-5H,1-2H3;2*1H;/q2*-1;;;+4/p-2. The number of halogens is 2. The van der Waals surface area contributed by atoms with Gasteiger partial charge in [0, 0.05) is 12.1 Å². The van der Waals surface area contributed by atoms with E-state index < -0.39 is 20.8 Å². The van der Waals surface area contributed by atoms with Gasteiger partial charge in [0.2, 0.25) is 0 Å². The summed E-state index contributed by atoms with van der Waals surface area (Å²) < 4.78 is 0. The number of aromatic nitrogens is 1. The van der Waals surface area contributed by atoms with Gasteiger partial charge in [-0.3, -0.25) is 11.1 Å². The second kappa shape index (κ2) is 9.83. The number of benzene rings is 1. The third-order valence-corrected chi connectivity index (χ3v) is 5.16. The molecule has 1 heterocycles. The van der Waals surface area contributed by atoms with Crippen molar-refractivity contribution in [3.8, 4) is 5.30 Å². The molecule has 0 saturated carbocycles. The fourth-order valence-corrected chi connectivity index (χ4v) is 3.69. The van der Waals surface area contributed by atoms with Crippen molar-refractivity contribution in [2.45, 2.75) is 13.8 Å². The Labute approximate surface area is 163 Å². The van der Waals surface area contributed by atoms with Gasteiger partial charge in [-0.05, 0) is 5.80 Å². The molecular weight excluding hydrogens is 435 g/mol. The van der Waals surface area contributed by atoms with Crippen LogP contribution in [0.2, 0.25) is 0 Å². The SMILES string of the molecule is CC1(C)[C-]=CC=C1.[Cl][Zr+2][Cl].c1ccc2[cH-]c(-p3ccnc3)cc2c1. The average Bonchev–Trinajstić information content (AvgIpc) is 3.27. The molecule has 4 rings (SSSR count). The number of allylic oxidation sites excluding steroid dienone is 4. The van der Waals surface area contributed by atoms with Gasteiger partial charge in [-0.2, -0.15) is 12.1 Å². The zero-order chi connectivity index (χ0) is 17.4. The maximum absolute atomic E-state index is 4.93. The summed E-state index contributed by atoms with van der Waals surface area (Å²) in [5.74, 6) is 4.23. The number of rotatable bonds is 1. The molecule has 1 aliphatic carbocycles. The predicted molar refractivity (Wildman–Crippen MR) is 104 cm³/mol. The number of hydrogen-bond donors (Lipinski definition) is 0. The third kappa shape index (κ3) is 6.09. The molecule has 0 fully saturated rings. The topological polar surface area (TPSA) is 12.9 Å². The van der Waals surface area contributed by atoms with E-state index in [2.05, 4.69) is 73.2 Å². The van der Waals surface area contributed by atoms with E-state index in [1.54, 1.807) is 0 Å². The fourth-order valence-electron chi connectivity index (χ4n) is 2.29. The monoisotopic (exact) mass is 451 g/mol. The normalized spacial score (nSPS) is 14.4. The van der Waals surface area contributed by atoms with Gasteiger partial charge in [0.1, 0.15) is 0 Å². The van der Waals surface area contributed by atoms with Crippen LogP contribution in [0.5, 0.6) is 0 Å². The van der Waals surface area contributed by atoms with Crippen LogP contribution in [0.4, 0.5) is 0 Å². The third-order valence-electron chi connectivity index (χ3n) is 3.47. The van der Waals surface area contributed by atoms with E-state index in [-0.39, 0.29) is 12.9 Å². The van der Waals surface area contributed by atoms with Crippen LogP contribution in [0.1, 0.15) is 13.8 Å². The Morgan fingerprint density at radius 2 is 2.00 bits per heavy atom. The average molecular weight is 453 g/mol. The van der Waals surface area contributed by atoms with E-state index >= 15 is 0 Å². The summed E-state index contributed by atoms with van der Waals surface area (Å²) in [6.07, 6.45) is 11.2. The Morgan fingerprint density at radius 3 is 2.50 bits per heavy atom. The minimum absolute atomic E-state index is 0.208. The largest absolute Gasteiger partial charge is 0.260 e. The van der Waals surface area contributed by atoms with Gasteiger partial charge in [-0.15, -0.1) is 35.0 Å². The fraction of sp³-hybridized carbons (Fsp3) is 0.158. The van der Waals surface area contributed by atoms with Crippen molar-refractivity contribution in [2.75, 3.05) is 0 Å². The quantitative estimate of drug-likeness (QED) is 0.354. The minimum Gasteiger partial charge on any atom is -0.260 e. The number of fused-ring (bicyclic) bond motifs is 1. The summed E-state index contributed by atoms with van der Waals surface area (Å²) in [7, 11) is 9.61. The molecule has 1 nitrogen and oxygen atoms in total. The number of hydrogen-bond acceptors (Lipinski definition) is 1. The van der Waals surface area contributed by atoms with Crippen molar-refractivity contribution in [3.63, 3.8) is 0 Å². The summed E-state index contributed by atoms with van der Waals surface area (Å²) in [4.78, 5) is 4.13. The van der Waals surface area contributed by atoms with Gasteiger partial charge < -0.3 is 0 Å².